The summed E-state index contributed by atoms with van der Waals surface area (Å²) in [6, 6.07) is 4.26. The molecule has 2 amide bonds. The molecule has 0 spiro atoms. The Morgan fingerprint density at radius 2 is 2.10 bits per heavy atom. The predicted molar refractivity (Wildman–Crippen MR) is 78.9 cm³/mol. The molecule has 1 unspecified atom stereocenters. The van der Waals surface area contributed by atoms with E-state index in [2.05, 4.69) is 26.6 Å². The second-order valence-corrected chi connectivity index (χ2v) is 5.37. The third kappa shape index (κ3) is 5.28. The second kappa shape index (κ2) is 7.99. The molecule has 20 heavy (non-hydrogen) atoms. The highest BCUT2D eigenvalue weighted by molar-refractivity contribution is 9.10. The van der Waals surface area contributed by atoms with Crippen LogP contribution in [0.3, 0.4) is 0 Å². The summed E-state index contributed by atoms with van der Waals surface area (Å²) in [7, 11) is 0. The van der Waals surface area contributed by atoms with E-state index in [1.54, 1.807) is 0 Å². The summed E-state index contributed by atoms with van der Waals surface area (Å²) < 4.78 is 13.6. The van der Waals surface area contributed by atoms with Crippen LogP contribution < -0.4 is 10.6 Å². The number of rotatable bonds is 6. The Morgan fingerprint density at radius 1 is 1.40 bits per heavy atom. The van der Waals surface area contributed by atoms with E-state index in [1.807, 2.05) is 13.8 Å². The van der Waals surface area contributed by atoms with Gasteiger partial charge in [-0.3, -0.25) is 9.59 Å². The zero-order valence-corrected chi connectivity index (χ0v) is 13.1. The molecule has 0 radical (unpaired) electrons. The normalized spacial score (nSPS) is 11.8. The van der Waals surface area contributed by atoms with Gasteiger partial charge in [0, 0.05) is 24.6 Å². The topological polar surface area (TPSA) is 58.2 Å². The summed E-state index contributed by atoms with van der Waals surface area (Å²) in [5, 5.41) is 5.39. The number of nitrogens with one attached hydrogen (secondary N) is 2. The molecule has 0 aliphatic heterocycles. The molecule has 0 heterocycles. The van der Waals surface area contributed by atoms with Gasteiger partial charge in [-0.15, -0.1) is 0 Å². The maximum atomic E-state index is 13.3. The quantitative estimate of drug-likeness (QED) is 0.833. The number of benzene rings is 1. The average molecular weight is 345 g/mol. The first-order chi connectivity index (χ1) is 9.43. The lowest BCUT2D eigenvalue weighted by Crippen LogP contribution is -2.35. The number of hydrogen-bond acceptors (Lipinski definition) is 2. The van der Waals surface area contributed by atoms with Crippen molar-refractivity contribution in [2.24, 2.45) is 0 Å². The molecule has 1 aromatic carbocycles. The molecule has 0 aliphatic rings. The third-order valence-corrected chi connectivity index (χ3v) is 3.48. The minimum atomic E-state index is -0.493. The van der Waals surface area contributed by atoms with E-state index in [0.717, 1.165) is 12.5 Å². The summed E-state index contributed by atoms with van der Waals surface area (Å²) in [6.07, 6.45) is 1.06. The Bertz CT molecular complexity index is 494. The highest BCUT2D eigenvalue weighted by Crippen LogP contribution is 2.16. The minimum absolute atomic E-state index is 0.110. The van der Waals surface area contributed by atoms with Gasteiger partial charge in [-0.1, -0.05) is 6.92 Å². The number of hydrogen-bond donors (Lipinski definition) is 2. The van der Waals surface area contributed by atoms with Crippen LogP contribution in [0.4, 0.5) is 4.39 Å². The molecular formula is C14H18BrFN2O2. The number of carbonyl (C=O) groups is 2. The van der Waals surface area contributed by atoms with Crippen LogP contribution in [-0.4, -0.2) is 24.4 Å². The largest absolute Gasteiger partial charge is 0.354 e. The molecule has 6 heteroatoms. The molecule has 0 saturated heterocycles. The fourth-order valence-electron chi connectivity index (χ4n) is 1.48. The van der Waals surface area contributed by atoms with Crippen molar-refractivity contribution in [2.45, 2.75) is 32.7 Å². The number of carbonyl (C=O) groups excluding carboxylic acids is 2. The van der Waals surface area contributed by atoms with Gasteiger partial charge in [-0.05, 0) is 47.5 Å². The molecule has 0 fully saturated rings. The van der Waals surface area contributed by atoms with E-state index in [-0.39, 0.29) is 30.5 Å². The first-order valence-corrected chi connectivity index (χ1v) is 7.26. The molecule has 4 nitrogen and oxygen atoms in total. The third-order valence-electron chi connectivity index (χ3n) is 2.84. The number of halogens is 2. The van der Waals surface area contributed by atoms with Crippen molar-refractivity contribution in [1.29, 1.82) is 0 Å². The van der Waals surface area contributed by atoms with Gasteiger partial charge < -0.3 is 10.6 Å². The monoisotopic (exact) mass is 344 g/mol. The molecule has 0 aromatic heterocycles. The molecule has 1 atom stereocenters. The summed E-state index contributed by atoms with van der Waals surface area (Å²) in [5.41, 5.74) is 0.230. The highest BCUT2D eigenvalue weighted by atomic mass is 79.9. The molecule has 0 saturated carbocycles. The molecular weight excluding hydrogens is 327 g/mol. The summed E-state index contributed by atoms with van der Waals surface area (Å²) in [4.78, 5) is 23.2. The van der Waals surface area contributed by atoms with Gasteiger partial charge in [-0.25, -0.2) is 4.39 Å². The van der Waals surface area contributed by atoms with Crippen molar-refractivity contribution in [2.75, 3.05) is 6.54 Å². The fraction of sp³-hybridized carbons (Fsp3) is 0.429. The standard InChI is InChI=1S/C14H18BrFN2O2/c1-3-9(2)18-13(19)6-7-17-14(20)10-4-5-11(15)12(16)8-10/h4-5,8-9H,3,6-7H2,1-2H3,(H,17,20)(H,18,19). The minimum Gasteiger partial charge on any atom is -0.354 e. The van der Waals surface area contributed by atoms with Gasteiger partial charge in [0.1, 0.15) is 5.82 Å². The van der Waals surface area contributed by atoms with Gasteiger partial charge in [0.25, 0.3) is 5.91 Å². The Labute approximate surface area is 126 Å². The molecule has 0 aliphatic carbocycles. The lowest BCUT2D eigenvalue weighted by Gasteiger charge is -2.11. The van der Waals surface area contributed by atoms with Gasteiger partial charge in [0.05, 0.1) is 4.47 Å². The Hall–Kier alpha value is -1.43. The van der Waals surface area contributed by atoms with Crippen LogP contribution in [0.2, 0.25) is 0 Å². The predicted octanol–water partition coefficient (Wildman–Crippen LogP) is 2.62. The maximum Gasteiger partial charge on any atom is 0.251 e. The van der Waals surface area contributed by atoms with Crippen LogP contribution >= 0.6 is 15.9 Å². The Balaban J connectivity index is 2.40. The first kappa shape index (κ1) is 16.6. The van der Waals surface area contributed by atoms with Gasteiger partial charge in [-0.2, -0.15) is 0 Å². The van der Waals surface area contributed by atoms with Crippen LogP contribution in [0.1, 0.15) is 37.0 Å². The Morgan fingerprint density at radius 3 is 2.70 bits per heavy atom. The fourth-order valence-corrected chi connectivity index (χ4v) is 1.72. The Kier molecular flexibility index (Phi) is 6.64. The maximum absolute atomic E-state index is 13.3. The van der Waals surface area contributed by atoms with Crippen LogP contribution in [0.15, 0.2) is 22.7 Å². The second-order valence-electron chi connectivity index (χ2n) is 4.51. The van der Waals surface area contributed by atoms with Crippen LogP contribution in [0.25, 0.3) is 0 Å². The van der Waals surface area contributed by atoms with E-state index >= 15 is 0 Å². The lowest BCUT2D eigenvalue weighted by molar-refractivity contribution is -0.121. The van der Waals surface area contributed by atoms with Gasteiger partial charge in [0.2, 0.25) is 5.91 Å². The van der Waals surface area contributed by atoms with Crippen molar-refractivity contribution in [3.63, 3.8) is 0 Å². The molecule has 0 bridgehead atoms. The molecule has 2 N–H and O–H groups in total. The number of amides is 2. The zero-order chi connectivity index (χ0) is 15.1. The van der Waals surface area contributed by atoms with Crippen molar-refractivity contribution < 1.29 is 14.0 Å². The van der Waals surface area contributed by atoms with Crippen LogP contribution in [0, 0.1) is 5.82 Å². The van der Waals surface area contributed by atoms with Gasteiger partial charge in [0.15, 0.2) is 0 Å². The van der Waals surface area contributed by atoms with Crippen molar-refractivity contribution in [1.82, 2.24) is 10.6 Å². The summed E-state index contributed by atoms with van der Waals surface area (Å²) in [5.74, 6) is -0.999. The van der Waals surface area contributed by atoms with E-state index in [9.17, 15) is 14.0 Å². The molecule has 1 rings (SSSR count). The first-order valence-electron chi connectivity index (χ1n) is 6.46. The van der Waals surface area contributed by atoms with Crippen molar-refractivity contribution >= 4 is 27.7 Å². The summed E-state index contributed by atoms with van der Waals surface area (Å²) in [6.45, 7) is 4.12. The SMILES string of the molecule is CCC(C)NC(=O)CCNC(=O)c1ccc(Br)c(F)c1. The highest BCUT2D eigenvalue weighted by Gasteiger charge is 2.10. The molecule has 1 aromatic rings. The van der Waals surface area contributed by atoms with E-state index in [1.165, 1.54) is 12.1 Å². The molecule has 110 valence electrons. The summed E-state index contributed by atoms with van der Waals surface area (Å²) >= 11 is 3.02. The van der Waals surface area contributed by atoms with E-state index < -0.39 is 11.7 Å². The van der Waals surface area contributed by atoms with Gasteiger partial charge >= 0.3 is 0 Å². The van der Waals surface area contributed by atoms with Crippen LogP contribution in [0.5, 0.6) is 0 Å². The zero-order valence-electron chi connectivity index (χ0n) is 11.5. The van der Waals surface area contributed by atoms with Crippen molar-refractivity contribution in [3.8, 4) is 0 Å². The van der Waals surface area contributed by atoms with E-state index in [4.69, 9.17) is 0 Å². The van der Waals surface area contributed by atoms with Crippen molar-refractivity contribution in [3.05, 3.63) is 34.1 Å². The van der Waals surface area contributed by atoms with Crippen LogP contribution in [-0.2, 0) is 4.79 Å². The lowest BCUT2D eigenvalue weighted by atomic mass is 10.2. The van der Waals surface area contributed by atoms with E-state index in [0.29, 0.717) is 4.47 Å². The smallest absolute Gasteiger partial charge is 0.251 e. The average Bonchev–Trinajstić information content (AvgIpc) is 2.41.